The van der Waals surface area contributed by atoms with Gasteiger partial charge in [0.2, 0.25) is 0 Å². The first-order chi connectivity index (χ1) is 17.6. The molecule has 9 heteroatoms. The van der Waals surface area contributed by atoms with Crippen molar-refractivity contribution in [3.8, 4) is 17.2 Å². The molecule has 7 nitrogen and oxygen atoms in total. The molecule has 1 unspecified atom stereocenters. The van der Waals surface area contributed by atoms with Crippen molar-refractivity contribution in [2.75, 3.05) is 14.2 Å². The van der Waals surface area contributed by atoms with Gasteiger partial charge in [-0.25, -0.2) is 13.6 Å². The number of hydrogen-bond donors (Lipinski definition) is 0. The monoisotopic (exact) mass is 510 g/mol. The molecule has 194 valence electrons. The van der Waals surface area contributed by atoms with Crippen molar-refractivity contribution in [2.45, 2.75) is 38.4 Å². The number of pyridine rings is 1. The summed E-state index contributed by atoms with van der Waals surface area (Å²) in [5, 5.41) is 9.36. The lowest BCUT2D eigenvalue weighted by molar-refractivity contribution is -0.203. The Bertz CT molecular complexity index is 1260. The topological polar surface area (TPSA) is 98.5 Å². The van der Waals surface area contributed by atoms with Gasteiger partial charge in [0.05, 0.1) is 24.4 Å². The van der Waals surface area contributed by atoms with Crippen LogP contribution in [0.15, 0.2) is 48.7 Å². The first-order valence-corrected chi connectivity index (χ1v) is 11.9. The molecule has 2 aliphatic rings. The summed E-state index contributed by atoms with van der Waals surface area (Å²) >= 11 is 0. The zero-order chi connectivity index (χ0) is 27.0. The number of cyclic esters (lactones) is 1. The van der Waals surface area contributed by atoms with E-state index in [1.807, 2.05) is 12.1 Å². The maximum absolute atomic E-state index is 15.4. The Morgan fingerprint density at radius 3 is 2.59 bits per heavy atom. The molecule has 1 aliphatic heterocycles. The highest BCUT2D eigenvalue weighted by molar-refractivity contribution is 5.89. The Morgan fingerprint density at radius 1 is 1.24 bits per heavy atom. The molecule has 0 spiro atoms. The van der Waals surface area contributed by atoms with Gasteiger partial charge in [0.25, 0.3) is 5.92 Å². The second-order valence-corrected chi connectivity index (χ2v) is 9.61. The number of methoxy groups -OCH3 is 2. The third-order valence-corrected chi connectivity index (χ3v) is 7.71. The lowest BCUT2D eigenvalue weighted by Crippen LogP contribution is -2.60. The van der Waals surface area contributed by atoms with Crippen molar-refractivity contribution in [2.24, 2.45) is 23.2 Å². The lowest BCUT2D eigenvalue weighted by atomic mass is 9.54. The van der Waals surface area contributed by atoms with Gasteiger partial charge in [-0.1, -0.05) is 37.3 Å². The number of esters is 2. The van der Waals surface area contributed by atoms with Crippen LogP contribution >= 0.6 is 0 Å². The number of nitriles is 1. The zero-order valence-corrected chi connectivity index (χ0v) is 21.0. The number of alkyl halides is 2. The summed E-state index contributed by atoms with van der Waals surface area (Å²) in [7, 11) is 2.32. The smallest absolute Gasteiger partial charge is 0.336 e. The van der Waals surface area contributed by atoms with Crippen LogP contribution in [0.5, 0.6) is 0 Å². The fourth-order valence-electron chi connectivity index (χ4n) is 5.89. The standard InChI is InChI=1S/C28H28F2N2O5/c1-16-21(12-11-20-10-9-19(14-32-20)22-8-6-5-7-18(22)13-31)23-17(2)37-26(34)27(23,15-28(16,29)30)24(35-3)25(33)36-4/h5-12,14,16-17,21,23-24H,15H2,1-4H3/t16-,17+,21-,23-,24?,27+/m0/s1. The molecule has 2 aromatic rings. The van der Waals surface area contributed by atoms with Crippen LogP contribution in [0.3, 0.4) is 0 Å². The van der Waals surface area contributed by atoms with Crippen LogP contribution in [0.2, 0.25) is 0 Å². The lowest BCUT2D eigenvalue weighted by Gasteiger charge is -2.49. The molecule has 4 rings (SSSR count). The molecule has 1 aromatic carbocycles. The Labute approximate surface area is 214 Å². The van der Waals surface area contributed by atoms with Gasteiger partial charge in [-0.2, -0.15) is 5.26 Å². The number of allylic oxidation sites excluding steroid dienone is 1. The van der Waals surface area contributed by atoms with E-state index < -0.39 is 59.7 Å². The van der Waals surface area contributed by atoms with E-state index in [-0.39, 0.29) is 0 Å². The van der Waals surface area contributed by atoms with Crippen molar-refractivity contribution in [3.05, 3.63) is 59.9 Å². The summed E-state index contributed by atoms with van der Waals surface area (Å²) in [5.74, 6) is -7.79. The highest BCUT2D eigenvalue weighted by atomic mass is 19.3. The molecular formula is C28H28F2N2O5. The van der Waals surface area contributed by atoms with E-state index in [0.29, 0.717) is 11.3 Å². The summed E-state index contributed by atoms with van der Waals surface area (Å²) < 4.78 is 46.5. The van der Waals surface area contributed by atoms with Gasteiger partial charge in [0, 0.05) is 42.7 Å². The molecule has 1 aromatic heterocycles. The number of hydrogen-bond acceptors (Lipinski definition) is 7. The van der Waals surface area contributed by atoms with Gasteiger partial charge < -0.3 is 14.2 Å². The van der Waals surface area contributed by atoms with Gasteiger partial charge >= 0.3 is 11.9 Å². The second-order valence-electron chi connectivity index (χ2n) is 9.61. The molecular weight excluding hydrogens is 482 g/mol. The zero-order valence-electron chi connectivity index (χ0n) is 21.0. The minimum absolute atomic E-state index is 0.513. The number of halogens is 2. The Morgan fingerprint density at radius 2 is 1.97 bits per heavy atom. The van der Waals surface area contributed by atoms with E-state index in [1.54, 1.807) is 49.5 Å². The van der Waals surface area contributed by atoms with Crippen molar-refractivity contribution in [1.29, 1.82) is 5.26 Å². The first-order valence-electron chi connectivity index (χ1n) is 11.9. The summed E-state index contributed by atoms with van der Waals surface area (Å²) in [6, 6.07) is 12.8. The van der Waals surface area contributed by atoms with Crippen LogP contribution < -0.4 is 0 Å². The summed E-state index contributed by atoms with van der Waals surface area (Å²) in [6.07, 6.45) is 1.72. The van der Waals surface area contributed by atoms with Crippen molar-refractivity contribution in [3.63, 3.8) is 0 Å². The number of ether oxygens (including phenoxy) is 3. The summed E-state index contributed by atoms with van der Waals surface area (Å²) in [4.78, 5) is 30.1. The van der Waals surface area contributed by atoms with Crippen LogP contribution in [0, 0.1) is 34.5 Å². The number of carbonyl (C=O) groups is 2. The van der Waals surface area contributed by atoms with Gasteiger partial charge in [-0.3, -0.25) is 9.78 Å². The van der Waals surface area contributed by atoms with Crippen LogP contribution in [0.25, 0.3) is 17.2 Å². The van der Waals surface area contributed by atoms with Crippen molar-refractivity contribution in [1.82, 2.24) is 4.98 Å². The largest absolute Gasteiger partial charge is 0.467 e. The third-order valence-electron chi connectivity index (χ3n) is 7.71. The fraction of sp³-hybridized carbons (Fsp3) is 0.429. The molecule has 1 saturated heterocycles. The van der Waals surface area contributed by atoms with E-state index in [9.17, 15) is 14.9 Å². The molecule has 37 heavy (non-hydrogen) atoms. The third kappa shape index (κ3) is 4.40. The molecule has 6 atom stereocenters. The van der Waals surface area contributed by atoms with E-state index >= 15 is 8.78 Å². The Balaban J connectivity index is 1.71. The SMILES string of the molecule is COC(=O)C(OC)[C@@]12CC(F)(F)[C@@H](C)[C@H](C=Cc3ccc(-c4ccccc4C#N)cn3)[C@@H]1[C@@H](C)OC2=O. The number of fused-ring (bicyclic) bond motifs is 1. The molecule has 0 radical (unpaired) electrons. The van der Waals surface area contributed by atoms with Gasteiger partial charge in [0.15, 0.2) is 6.10 Å². The van der Waals surface area contributed by atoms with E-state index in [1.165, 1.54) is 14.0 Å². The molecule has 1 saturated carbocycles. The van der Waals surface area contributed by atoms with Gasteiger partial charge in [-0.05, 0) is 31.1 Å². The van der Waals surface area contributed by atoms with E-state index in [4.69, 9.17) is 14.2 Å². The minimum Gasteiger partial charge on any atom is -0.467 e. The predicted molar refractivity (Wildman–Crippen MR) is 130 cm³/mol. The van der Waals surface area contributed by atoms with Crippen LogP contribution in [0.1, 0.15) is 31.5 Å². The fourth-order valence-corrected chi connectivity index (χ4v) is 5.89. The highest BCUT2D eigenvalue weighted by Crippen LogP contribution is 2.61. The van der Waals surface area contributed by atoms with Crippen LogP contribution in [0.4, 0.5) is 8.78 Å². The highest BCUT2D eigenvalue weighted by Gasteiger charge is 2.72. The molecule has 1 aliphatic carbocycles. The second kappa shape index (κ2) is 10.0. The molecule has 0 N–H and O–H groups in total. The average Bonchev–Trinajstić information content (AvgIpc) is 3.13. The number of benzene rings is 1. The Hall–Kier alpha value is -3.64. The normalized spacial score (nSPS) is 29.3. The Kier molecular flexibility index (Phi) is 7.16. The molecule has 2 fully saturated rings. The van der Waals surface area contributed by atoms with E-state index in [0.717, 1.165) is 18.2 Å². The van der Waals surface area contributed by atoms with E-state index in [2.05, 4.69) is 11.1 Å². The minimum atomic E-state index is -3.28. The molecule has 0 bridgehead atoms. The quantitative estimate of drug-likeness (QED) is 0.521. The number of carbonyl (C=O) groups excluding carboxylic acids is 2. The number of aromatic nitrogens is 1. The van der Waals surface area contributed by atoms with Gasteiger partial charge in [0.1, 0.15) is 11.5 Å². The molecule has 0 amide bonds. The summed E-state index contributed by atoms with van der Waals surface area (Å²) in [6.45, 7) is 3.08. The number of nitrogens with zero attached hydrogens (tertiary/aromatic N) is 2. The summed E-state index contributed by atoms with van der Waals surface area (Å²) in [5.41, 5.74) is 0.613. The molecule has 2 heterocycles. The predicted octanol–water partition coefficient (Wildman–Crippen LogP) is 4.66. The average molecular weight is 511 g/mol. The number of rotatable bonds is 6. The van der Waals surface area contributed by atoms with Crippen LogP contribution in [-0.2, 0) is 23.8 Å². The van der Waals surface area contributed by atoms with Crippen LogP contribution in [-0.4, -0.2) is 49.3 Å². The van der Waals surface area contributed by atoms with Crippen molar-refractivity contribution < 1.29 is 32.6 Å². The van der Waals surface area contributed by atoms with Gasteiger partial charge in [-0.15, -0.1) is 0 Å². The maximum Gasteiger partial charge on any atom is 0.336 e. The van der Waals surface area contributed by atoms with Crippen molar-refractivity contribution >= 4 is 18.0 Å². The maximum atomic E-state index is 15.4. The first kappa shape index (κ1) is 26.4.